The molecule has 190 valence electrons. The fraction of sp³-hybridized carbons (Fsp3) is 0.733. The molecule has 4 nitrogen and oxygen atoms in total. The number of halogens is 1. The Morgan fingerprint density at radius 1 is 1.06 bits per heavy atom. The minimum Gasteiger partial charge on any atom is -0.390 e. The molecule has 0 spiro atoms. The molecule has 1 N–H and O–H groups in total. The van der Waals surface area contributed by atoms with Gasteiger partial charge < -0.3 is 5.11 Å². The molecule has 0 saturated heterocycles. The lowest BCUT2D eigenvalue weighted by atomic mass is 9.44. The van der Waals surface area contributed by atoms with Crippen molar-refractivity contribution in [2.24, 2.45) is 40.4 Å². The number of carbonyl (C=O) groups is 1. The van der Waals surface area contributed by atoms with E-state index < -0.39 is 5.60 Å². The molecule has 1 aromatic heterocycles. The molecule has 6 rings (SSSR count). The van der Waals surface area contributed by atoms with E-state index in [1.165, 1.54) is 19.3 Å². The zero-order chi connectivity index (χ0) is 24.8. The number of aromatic nitrogens is 2. The Kier molecular flexibility index (Phi) is 5.32. The van der Waals surface area contributed by atoms with E-state index >= 15 is 0 Å². The smallest absolute Gasteiger partial charge is 0.157 e. The van der Waals surface area contributed by atoms with Crippen molar-refractivity contribution < 1.29 is 14.3 Å². The van der Waals surface area contributed by atoms with Gasteiger partial charge in [0.25, 0.3) is 0 Å². The highest BCUT2D eigenvalue weighted by Crippen LogP contribution is 2.68. The molecule has 4 saturated carbocycles. The van der Waals surface area contributed by atoms with E-state index in [1.807, 2.05) is 13.0 Å². The Balaban J connectivity index is 1.22. The van der Waals surface area contributed by atoms with Crippen molar-refractivity contribution in [2.45, 2.75) is 97.6 Å². The predicted molar refractivity (Wildman–Crippen MR) is 135 cm³/mol. The first-order valence-electron chi connectivity index (χ1n) is 13.9. The van der Waals surface area contributed by atoms with Gasteiger partial charge in [0.05, 0.1) is 22.7 Å². The van der Waals surface area contributed by atoms with Crippen molar-refractivity contribution in [3.8, 4) is 0 Å². The molecule has 1 aromatic carbocycles. The number of hydrogen-bond acceptors (Lipinski definition) is 3. The van der Waals surface area contributed by atoms with Gasteiger partial charge in [-0.05, 0) is 118 Å². The van der Waals surface area contributed by atoms with Gasteiger partial charge in [-0.25, -0.2) is 4.39 Å². The average Bonchev–Trinajstić information content (AvgIpc) is 3.37. The van der Waals surface area contributed by atoms with E-state index in [4.69, 9.17) is 0 Å². The lowest BCUT2D eigenvalue weighted by Gasteiger charge is -2.61. The first-order valence-corrected chi connectivity index (χ1v) is 13.9. The number of aryl methyl sites for hydroxylation is 1. The van der Waals surface area contributed by atoms with E-state index in [9.17, 15) is 14.3 Å². The van der Waals surface area contributed by atoms with Gasteiger partial charge in [0.2, 0.25) is 0 Å². The normalized spacial score (nSPS) is 43.0. The van der Waals surface area contributed by atoms with Crippen LogP contribution in [0.4, 0.5) is 4.39 Å². The monoisotopic (exact) mass is 480 g/mol. The van der Waals surface area contributed by atoms with Crippen molar-refractivity contribution in [2.75, 3.05) is 0 Å². The van der Waals surface area contributed by atoms with Crippen molar-refractivity contribution in [1.82, 2.24) is 9.78 Å². The molecular formula is C30H41FN2O2. The highest BCUT2D eigenvalue weighted by Gasteiger charge is 2.61. The van der Waals surface area contributed by atoms with Crippen LogP contribution in [0.15, 0.2) is 18.3 Å². The quantitative estimate of drug-likeness (QED) is 0.548. The number of nitrogens with zero attached hydrogens (tertiary/aromatic N) is 2. The Hall–Kier alpha value is -1.75. The summed E-state index contributed by atoms with van der Waals surface area (Å²) in [6.45, 7) is 8.95. The molecule has 0 unspecified atom stereocenters. The van der Waals surface area contributed by atoms with Crippen molar-refractivity contribution >= 4 is 16.7 Å². The number of benzene rings is 1. The lowest BCUT2D eigenvalue weighted by Crippen LogP contribution is -2.55. The summed E-state index contributed by atoms with van der Waals surface area (Å²) in [5.74, 6) is 2.79. The molecule has 4 aliphatic rings. The van der Waals surface area contributed by atoms with Gasteiger partial charge >= 0.3 is 0 Å². The summed E-state index contributed by atoms with van der Waals surface area (Å²) in [7, 11) is 0. The number of rotatable bonds is 3. The standard InChI is InChI=1S/C30H41FN2O2/c1-18-5-10-25-21(27(18)31)16-32-33(25)17-26(34)24-9-8-22-20-7-6-19-15-28(2,35)13-14-29(19,3)23(20)11-12-30(22,24)4/h5,10,16,19-20,22-24,35H,6-9,11-15,17H2,1-4H3/t19-,20+,22+,23+,24-,28-,29+,30+/m1/s1. The maximum atomic E-state index is 14.5. The molecule has 0 aliphatic heterocycles. The fourth-order valence-corrected chi connectivity index (χ4v) is 9.57. The van der Waals surface area contributed by atoms with Crippen LogP contribution in [-0.4, -0.2) is 26.3 Å². The molecule has 2 aromatic rings. The van der Waals surface area contributed by atoms with E-state index in [0.29, 0.717) is 39.6 Å². The zero-order valence-corrected chi connectivity index (χ0v) is 21.8. The third-order valence-corrected chi connectivity index (χ3v) is 11.6. The molecule has 0 amide bonds. The maximum Gasteiger partial charge on any atom is 0.157 e. The molecule has 0 radical (unpaired) electrons. The van der Waals surface area contributed by atoms with Crippen molar-refractivity contribution in [1.29, 1.82) is 0 Å². The van der Waals surface area contributed by atoms with Crippen LogP contribution in [0.3, 0.4) is 0 Å². The van der Waals surface area contributed by atoms with Crippen LogP contribution in [0, 0.1) is 53.2 Å². The van der Waals surface area contributed by atoms with E-state index in [0.717, 1.165) is 44.4 Å². The summed E-state index contributed by atoms with van der Waals surface area (Å²) in [4.78, 5) is 13.7. The van der Waals surface area contributed by atoms with E-state index in [-0.39, 0.29) is 29.5 Å². The average molecular weight is 481 g/mol. The van der Waals surface area contributed by atoms with Gasteiger partial charge in [0, 0.05) is 5.92 Å². The summed E-state index contributed by atoms with van der Waals surface area (Å²) < 4.78 is 16.2. The van der Waals surface area contributed by atoms with E-state index in [1.54, 1.807) is 23.9 Å². The number of ketones is 1. The number of carbonyl (C=O) groups excluding carboxylic acids is 1. The van der Waals surface area contributed by atoms with Gasteiger partial charge in [0.1, 0.15) is 12.4 Å². The number of fused-ring (bicyclic) bond motifs is 6. The van der Waals surface area contributed by atoms with Gasteiger partial charge in [-0.15, -0.1) is 0 Å². The van der Waals surface area contributed by atoms with Gasteiger partial charge in [-0.3, -0.25) is 9.48 Å². The van der Waals surface area contributed by atoms with Crippen LogP contribution >= 0.6 is 0 Å². The third-order valence-electron chi connectivity index (χ3n) is 11.6. The first kappa shape index (κ1) is 23.6. The van der Waals surface area contributed by atoms with E-state index in [2.05, 4.69) is 18.9 Å². The highest BCUT2D eigenvalue weighted by atomic mass is 19.1. The fourth-order valence-electron chi connectivity index (χ4n) is 9.57. The summed E-state index contributed by atoms with van der Waals surface area (Å²) in [5, 5.41) is 15.7. The largest absolute Gasteiger partial charge is 0.390 e. The second-order valence-electron chi connectivity index (χ2n) is 13.4. The van der Waals surface area contributed by atoms with Crippen molar-refractivity contribution in [3.05, 3.63) is 29.7 Å². The second kappa shape index (κ2) is 7.87. The Bertz CT molecular complexity index is 1170. The van der Waals surface area contributed by atoms with Gasteiger partial charge in [-0.1, -0.05) is 19.9 Å². The van der Waals surface area contributed by atoms with Gasteiger partial charge in [-0.2, -0.15) is 5.10 Å². The van der Waals surface area contributed by atoms with Crippen LogP contribution < -0.4 is 0 Å². The molecule has 4 fully saturated rings. The minimum absolute atomic E-state index is 0.0619. The summed E-state index contributed by atoms with van der Waals surface area (Å²) >= 11 is 0. The number of hydrogen-bond donors (Lipinski definition) is 1. The maximum absolute atomic E-state index is 14.5. The molecule has 5 heteroatoms. The molecule has 8 atom stereocenters. The Morgan fingerprint density at radius 3 is 2.63 bits per heavy atom. The highest BCUT2D eigenvalue weighted by molar-refractivity contribution is 5.85. The topological polar surface area (TPSA) is 55.1 Å². The molecule has 35 heavy (non-hydrogen) atoms. The molecular weight excluding hydrogens is 439 g/mol. The van der Waals surface area contributed by atoms with Crippen LogP contribution in [0.1, 0.15) is 84.1 Å². The number of aliphatic hydroxyl groups is 1. The molecule has 1 heterocycles. The van der Waals surface area contributed by atoms with Gasteiger partial charge in [0.15, 0.2) is 5.78 Å². The minimum atomic E-state index is -0.497. The van der Waals surface area contributed by atoms with Crippen LogP contribution in [0.5, 0.6) is 0 Å². The SMILES string of the molecule is Cc1ccc2c(cnn2CC(=O)[C@H]2CC[C@H]3[C@@H]4CC[C@@H]5C[C@](C)(O)CC[C@]5(C)[C@H]4CC[C@]23C)c1F. The first-order chi connectivity index (χ1) is 16.5. The predicted octanol–water partition coefficient (Wildman–Crippen LogP) is 6.46. The van der Waals surface area contributed by atoms with Crippen LogP contribution in [0.25, 0.3) is 10.9 Å². The van der Waals surface area contributed by atoms with Crippen LogP contribution in [-0.2, 0) is 11.3 Å². The van der Waals surface area contributed by atoms with Crippen LogP contribution in [0.2, 0.25) is 0 Å². The van der Waals surface area contributed by atoms with Crippen molar-refractivity contribution in [3.63, 3.8) is 0 Å². The lowest BCUT2D eigenvalue weighted by molar-refractivity contribution is -0.151. The molecule has 0 bridgehead atoms. The Morgan fingerprint density at radius 2 is 1.83 bits per heavy atom. The Labute approximate surface area is 208 Å². The molecule has 4 aliphatic carbocycles. The summed E-state index contributed by atoms with van der Waals surface area (Å²) in [6.07, 6.45) is 11.5. The summed E-state index contributed by atoms with van der Waals surface area (Å²) in [5.41, 5.74) is 1.22. The zero-order valence-electron chi connectivity index (χ0n) is 21.8. The third kappa shape index (κ3) is 3.47. The number of Topliss-reactive ketones (excluding diaryl/α,β-unsaturated/α-hetero) is 1. The summed E-state index contributed by atoms with van der Waals surface area (Å²) in [6, 6.07) is 3.66. The second-order valence-corrected chi connectivity index (χ2v) is 13.4.